The molecule has 0 unspecified atom stereocenters. The number of nitrogens with one attached hydrogen (secondary N) is 1. The Balaban J connectivity index is 1.79. The van der Waals surface area contributed by atoms with E-state index >= 15 is 0 Å². The zero-order valence-corrected chi connectivity index (χ0v) is 12.8. The lowest BCUT2D eigenvalue weighted by atomic mass is 9.93. The van der Waals surface area contributed by atoms with Crippen LogP contribution >= 0.6 is 15.9 Å². The minimum absolute atomic E-state index is 0.0383. The van der Waals surface area contributed by atoms with Crippen LogP contribution in [0.4, 0.5) is 0 Å². The number of carbonyl (C=O) groups is 2. The van der Waals surface area contributed by atoms with Gasteiger partial charge in [0, 0.05) is 11.0 Å². The molecule has 106 valence electrons. The van der Waals surface area contributed by atoms with Crippen molar-refractivity contribution in [3.05, 3.63) is 34.3 Å². The van der Waals surface area contributed by atoms with Gasteiger partial charge < -0.3 is 10.2 Å². The molecule has 2 aliphatic rings. The Labute approximate surface area is 126 Å². The number of hydrogen-bond donors (Lipinski definition) is 1. The molecule has 1 saturated heterocycles. The van der Waals surface area contributed by atoms with Crippen molar-refractivity contribution >= 4 is 27.7 Å². The molecular formula is C15H17BrN2O2. The molecule has 2 amide bonds. The highest BCUT2D eigenvalue weighted by Gasteiger charge is 2.48. The quantitative estimate of drug-likeness (QED) is 0.900. The molecule has 4 nitrogen and oxygen atoms in total. The van der Waals surface area contributed by atoms with E-state index in [1.165, 1.54) is 0 Å². The Bertz CT molecular complexity index is 535. The van der Waals surface area contributed by atoms with E-state index in [-0.39, 0.29) is 18.4 Å². The molecule has 0 atom stereocenters. The van der Waals surface area contributed by atoms with Crippen LogP contribution in [-0.4, -0.2) is 28.8 Å². The first-order valence-corrected chi connectivity index (χ1v) is 7.73. The molecule has 1 N–H and O–H groups in total. The van der Waals surface area contributed by atoms with Gasteiger partial charge in [0.25, 0.3) is 0 Å². The first-order chi connectivity index (χ1) is 9.59. The largest absolute Gasteiger partial charge is 0.340 e. The molecule has 1 spiro atoms. The van der Waals surface area contributed by atoms with Crippen molar-refractivity contribution < 1.29 is 9.59 Å². The van der Waals surface area contributed by atoms with E-state index in [0.29, 0.717) is 6.54 Å². The topological polar surface area (TPSA) is 49.4 Å². The normalized spacial score (nSPS) is 21.4. The molecule has 1 aliphatic heterocycles. The molecular weight excluding hydrogens is 320 g/mol. The molecule has 2 fully saturated rings. The Kier molecular flexibility index (Phi) is 3.54. The fourth-order valence-corrected chi connectivity index (χ4v) is 3.43. The van der Waals surface area contributed by atoms with Crippen LogP contribution < -0.4 is 5.32 Å². The third-order valence-corrected chi connectivity index (χ3v) is 4.68. The lowest BCUT2D eigenvalue weighted by molar-refractivity contribution is -0.150. The second-order valence-electron chi connectivity index (χ2n) is 5.63. The van der Waals surface area contributed by atoms with Crippen LogP contribution in [0.1, 0.15) is 31.2 Å². The van der Waals surface area contributed by atoms with Gasteiger partial charge in [-0.1, -0.05) is 40.9 Å². The Morgan fingerprint density at radius 3 is 2.45 bits per heavy atom. The molecule has 3 rings (SSSR count). The number of halogens is 1. The first-order valence-electron chi connectivity index (χ1n) is 6.94. The lowest BCUT2D eigenvalue weighted by Gasteiger charge is -2.39. The third kappa shape index (κ3) is 2.46. The van der Waals surface area contributed by atoms with Crippen LogP contribution in [0, 0.1) is 0 Å². The van der Waals surface area contributed by atoms with E-state index in [2.05, 4.69) is 21.2 Å². The smallest absolute Gasteiger partial charge is 0.249 e. The molecule has 1 aromatic carbocycles. The van der Waals surface area contributed by atoms with Gasteiger partial charge in [-0.05, 0) is 30.5 Å². The third-order valence-electron chi connectivity index (χ3n) is 4.15. The molecule has 0 radical (unpaired) electrons. The average Bonchev–Trinajstić information content (AvgIpc) is 2.87. The number of benzene rings is 1. The van der Waals surface area contributed by atoms with Gasteiger partial charge in [0.2, 0.25) is 11.8 Å². The minimum atomic E-state index is -0.620. The van der Waals surface area contributed by atoms with Crippen molar-refractivity contribution in [2.24, 2.45) is 0 Å². The van der Waals surface area contributed by atoms with Crippen LogP contribution in [0.15, 0.2) is 28.7 Å². The minimum Gasteiger partial charge on any atom is -0.340 e. The number of carbonyl (C=O) groups excluding carboxylic acids is 2. The predicted octanol–water partition coefficient (Wildman–Crippen LogP) is 2.22. The van der Waals surface area contributed by atoms with Crippen molar-refractivity contribution in [2.45, 2.75) is 37.8 Å². The maximum atomic E-state index is 12.7. The summed E-state index contributed by atoms with van der Waals surface area (Å²) in [5.41, 5.74) is 0.425. The highest BCUT2D eigenvalue weighted by molar-refractivity contribution is 9.10. The Morgan fingerprint density at radius 1 is 1.15 bits per heavy atom. The summed E-state index contributed by atoms with van der Waals surface area (Å²) in [6.07, 6.45) is 3.57. The van der Waals surface area contributed by atoms with E-state index in [0.717, 1.165) is 35.7 Å². The number of piperazine rings is 1. The number of rotatable bonds is 2. The molecule has 0 aromatic heterocycles. The summed E-state index contributed by atoms with van der Waals surface area (Å²) in [4.78, 5) is 26.3. The highest BCUT2D eigenvalue weighted by atomic mass is 79.9. The van der Waals surface area contributed by atoms with Gasteiger partial charge in [0.15, 0.2) is 0 Å². The van der Waals surface area contributed by atoms with E-state index < -0.39 is 5.54 Å². The van der Waals surface area contributed by atoms with Crippen molar-refractivity contribution in [1.82, 2.24) is 10.2 Å². The highest BCUT2D eigenvalue weighted by Crippen LogP contribution is 2.33. The van der Waals surface area contributed by atoms with Gasteiger partial charge in [-0.25, -0.2) is 0 Å². The maximum Gasteiger partial charge on any atom is 0.249 e. The standard InChI is InChI=1S/C15H17BrN2O2/c16-12-5-3-11(4-6-12)9-18-10-13(19)17-15(14(18)20)7-1-2-8-15/h3-6H,1-2,7-10H2,(H,17,19). The molecule has 1 saturated carbocycles. The second kappa shape index (κ2) is 5.20. The predicted molar refractivity (Wildman–Crippen MR) is 78.9 cm³/mol. The number of amides is 2. The van der Waals surface area contributed by atoms with Crippen molar-refractivity contribution in [3.8, 4) is 0 Å². The molecule has 1 aromatic rings. The van der Waals surface area contributed by atoms with Gasteiger partial charge in [-0.2, -0.15) is 0 Å². The summed E-state index contributed by atoms with van der Waals surface area (Å²) in [6.45, 7) is 0.665. The molecule has 1 aliphatic carbocycles. The summed E-state index contributed by atoms with van der Waals surface area (Å²) >= 11 is 3.40. The van der Waals surface area contributed by atoms with Crippen LogP contribution in [-0.2, 0) is 16.1 Å². The van der Waals surface area contributed by atoms with Gasteiger partial charge in [0.05, 0.1) is 6.54 Å². The summed E-state index contributed by atoms with van der Waals surface area (Å²) in [5.74, 6) is 0.0427. The van der Waals surface area contributed by atoms with E-state index in [4.69, 9.17) is 0 Å². The Hall–Kier alpha value is -1.36. The monoisotopic (exact) mass is 336 g/mol. The Morgan fingerprint density at radius 2 is 1.80 bits per heavy atom. The fraction of sp³-hybridized carbons (Fsp3) is 0.467. The second-order valence-corrected chi connectivity index (χ2v) is 6.54. The van der Waals surface area contributed by atoms with Crippen LogP contribution in [0.2, 0.25) is 0 Å². The number of hydrogen-bond acceptors (Lipinski definition) is 2. The van der Waals surface area contributed by atoms with E-state index in [1.54, 1.807) is 4.90 Å². The van der Waals surface area contributed by atoms with Crippen LogP contribution in [0.3, 0.4) is 0 Å². The van der Waals surface area contributed by atoms with Gasteiger partial charge in [-0.15, -0.1) is 0 Å². The van der Waals surface area contributed by atoms with Gasteiger partial charge in [-0.3, -0.25) is 9.59 Å². The van der Waals surface area contributed by atoms with Crippen LogP contribution in [0.5, 0.6) is 0 Å². The van der Waals surface area contributed by atoms with Crippen molar-refractivity contribution in [2.75, 3.05) is 6.54 Å². The zero-order valence-electron chi connectivity index (χ0n) is 11.2. The lowest BCUT2D eigenvalue weighted by Crippen LogP contribution is -2.65. The van der Waals surface area contributed by atoms with E-state index in [1.807, 2.05) is 24.3 Å². The van der Waals surface area contributed by atoms with Gasteiger partial charge >= 0.3 is 0 Å². The molecule has 0 bridgehead atoms. The summed E-state index contributed by atoms with van der Waals surface area (Å²) in [6, 6.07) is 7.86. The molecule has 20 heavy (non-hydrogen) atoms. The fourth-order valence-electron chi connectivity index (χ4n) is 3.16. The summed E-state index contributed by atoms with van der Waals surface area (Å²) < 4.78 is 1.01. The molecule has 1 heterocycles. The average molecular weight is 337 g/mol. The van der Waals surface area contributed by atoms with E-state index in [9.17, 15) is 9.59 Å². The molecule has 5 heteroatoms. The first kappa shape index (κ1) is 13.6. The van der Waals surface area contributed by atoms with Crippen LogP contribution in [0.25, 0.3) is 0 Å². The van der Waals surface area contributed by atoms with Crippen molar-refractivity contribution in [3.63, 3.8) is 0 Å². The maximum absolute atomic E-state index is 12.7. The summed E-state index contributed by atoms with van der Waals surface area (Å²) in [5, 5.41) is 2.93. The SMILES string of the molecule is O=C1CN(Cc2ccc(Br)cc2)C(=O)C2(CCCC2)N1. The van der Waals surface area contributed by atoms with Crippen molar-refractivity contribution in [1.29, 1.82) is 0 Å². The van der Waals surface area contributed by atoms with Gasteiger partial charge in [0.1, 0.15) is 5.54 Å². The summed E-state index contributed by atoms with van der Waals surface area (Å²) in [7, 11) is 0. The zero-order chi connectivity index (χ0) is 14.2. The number of nitrogens with zero attached hydrogens (tertiary/aromatic N) is 1.